The molecular formula is C14H30O2. The third-order valence-corrected chi connectivity index (χ3v) is 3.35. The van der Waals surface area contributed by atoms with E-state index in [0.29, 0.717) is 0 Å². The summed E-state index contributed by atoms with van der Waals surface area (Å²) in [5, 5.41) is 18.4. The van der Waals surface area contributed by atoms with E-state index in [0.717, 1.165) is 12.8 Å². The Morgan fingerprint density at radius 3 is 1.81 bits per heavy atom. The second-order valence-electron chi connectivity index (χ2n) is 4.95. The van der Waals surface area contributed by atoms with Crippen molar-refractivity contribution in [1.29, 1.82) is 0 Å². The molecule has 0 amide bonds. The molecule has 0 aromatic heterocycles. The predicted molar refractivity (Wildman–Crippen MR) is 69.5 cm³/mol. The zero-order valence-electron chi connectivity index (χ0n) is 11.1. The minimum atomic E-state index is -0.366. The Bertz CT molecular complexity index is 135. The SMILES string of the molecule is CCCCCCCCCCC(CO)C(C)O. The van der Waals surface area contributed by atoms with Crippen LogP contribution in [0.1, 0.15) is 71.6 Å². The molecule has 2 N–H and O–H groups in total. The van der Waals surface area contributed by atoms with E-state index in [1.807, 2.05) is 0 Å². The fraction of sp³-hybridized carbons (Fsp3) is 1.00. The van der Waals surface area contributed by atoms with Crippen molar-refractivity contribution >= 4 is 0 Å². The van der Waals surface area contributed by atoms with E-state index in [4.69, 9.17) is 5.11 Å². The average Bonchev–Trinajstić information content (AvgIpc) is 2.26. The average molecular weight is 230 g/mol. The van der Waals surface area contributed by atoms with Gasteiger partial charge in [-0.3, -0.25) is 0 Å². The summed E-state index contributed by atoms with van der Waals surface area (Å²) in [6.07, 6.45) is 11.1. The van der Waals surface area contributed by atoms with E-state index in [1.54, 1.807) is 6.92 Å². The van der Waals surface area contributed by atoms with Crippen LogP contribution in [0.25, 0.3) is 0 Å². The first kappa shape index (κ1) is 15.9. The summed E-state index contributed by atoms with van der Waals surface area (Å²) in [6.45, 7) is 4.13. The van der Waals surface area contributed by atoms with Gasteiger partial charge in [-0.15, -0.1) is 0 Å². The highest BCUT2D eigenvalue weighted by Crippen LogP contribution is 2.15. The molecule has 0 heterocycles. The summed E-state index contributed by atoms with van der Waals surface area (Å²) in [5.74, 6) is 0.0834. The molecular weight excluding hydrogens is 200 g/mol. The lowest BCUT2D eigenvalue weighted by Crippen LogP contribution is -2.20. The first-order valence-corrected chi connectivity index (χ1v) is 7.01. The molecule has 16 heavy (non-hydrogen) atoms. The maximum atomic E-state index is 9.35. The normalized spacial score (nSPS) is 15.0. The molecule has 0 aliphatic rings. The molecule has 0 saturated carbocycles. The molecule has 0 radical (unpaired) electrons. The number of hydrogen-bond acceptors (Lipinski definition) is 2. The van der Waals surface area contributed by atoms with Crippen LogP contribution in [0.4, 0.5) is 0 Å². The Balaban J connectivity index is 3.19. The summed E-state index contributed by atoms with van der Waals surface area (Å²) >= 11 is 0. The largest absolute Gasteiger partial charge is 0.396 e. The molecule has 0 aliphatic heterocycles. The fourth-order valence-corrected chi connectivity index (χ4v) is 2.03. The van der Waals surface area contributed by atoms with Gasteiger partial charge in [0.2, 0.25) is 0 Å². The lowest BCUT2D eigenvalue weighted by Gasteiger charge is -2.16. The summed E-state index contributed by atoms with van der Waals surface area (Å²) in [5.41, 5.74) is 0. The van der Waals surface area contributed by atoms with E-state index in [1.165, 1.54) is 44.9 Å². The van der Waals surface area contributed by atoms with Gasteiger partial charge in [-0.1, -0.05) is 58.3 Å². The van der Waals surface area contributed by atoms with Crippen LogP contribution in [-0.4, -0.2) is 22.9 Å². The van der Waals surface area contributed by atoms with Gasteiger partial charge in [-0.25, -0.2) is 0 Å². The molecule has 2 atom stereocenters. The summed E-state index contributed by atoms with van der Waals surface area (Å²) in [7, 11) is 0. The zero-order chi connectivity index (χ0) is 12.2. The van der Waals surface area contributed by atoms with Gasteiger partial charge in [-0.2, -0.15) is 0 Å². The van der Waals surface area contributed by atoms with Gasteiger partial charge in [0, 0.05) is 12.5 Å². The van der Waals surface area contributed by atoms with Gasteiger partial charge in [0.1, 0.15) is 0 Å². The highest BCUT2D eigenvalue weighted by atomic mass is 16.3. The molecule has 0 aliphatic carbocycles. The van der Waals surface area contributed by atoms with Crippen LogP contribution in [0.5, 0.6) is 0 Å². The third kappa shape index (κ3) is 9.17. The van der Waals surface area contributed by atoms with Crippen molar-refractivity contribution in [3.8, 4) is 0 Å². The lowest BCUT2D eigenvalue weighted by atomic mass is 9.96. The molecule has 98 valence electrons. The van der Waals surface area contributed by atoms with Crippen molar-refractivity contribution in [2.24, 2.45) is 5.92 Å². The van der Waals surface area contributed by atoms with Crippen molar-refractivity contribution in [3.05, 3.63) is 0 Å². The number of unbranched alkanes of at least 4 members (excludes halogenated alkanes) is 7. The predicted octanol–water partition coefficient (Wildman–Crippen LogP) is 3.51. The second-order valence-corrected chi connectivity index (χ2v) is 4.95. The minimum absolute atomic E-state index is 0.0834. The molecule has 0 aromatic rings. The molecule has 0 aromatic carbocycles. The van der Waals surface area contributed by atoms with Gasteiger partial charge in [-0.05, 0) is 13.3 Å². The number of aliphatic hydroxyl groups is 2. The molecule has 2 unspecified atom stereocenters. The van der Waals surface area contributed by atoms with Crippen LogP contribution in [0.15, 0.2) is 0 Å². The van der Waals surface area contributed by atoms with E-state index in [9.17, 15) is 5.11 Å². The standard InChI is InChI=1S/C14H30O2/c1-3-4-5-6-7-8-9-10-11-14(12-15)13(2)16/h13-16H,3-12H2,1-2H3. The van der Waals surface area contributed by atoms with Crippen molar-refractivity contribution in [2.75, 3.05) is 6.61 Å². The van der Waals surface area contributed by atoms with E-state index >= 15 is 0 Å². The molecule has 2 nitrogen and oxygen atoms in total. The van der Waals surface area contributed by atoms with Gasteiger partial charge in [0.25, 0.3) is 0 Å². The molecule has 0 fully saturated rings. The highest BCUT2D eigenvalue weighted by molar-refractivity contribution is 4.63. The lowest BCUT2D eigenvalue weighted by molar-refractivity contribution is 0.0741. The van der Waals surface area contributed by atoms with Crippen LogP contribution in [0.2, 0.25) is 0 Å². The maximum Gasteiger partial charge on any atom is 0.0562 e. The summed E-state index contributed by atoms with van der Waals surface area (Å²) < 4.78 is 0. The molecule has 0 rings (SSSR count). The maximum absolute atomic E-state index is 9.35. The monoisotopic (exact) mass is 230 g/mol. The Labute approximate surface area is 101 Å². The molecule has 2 heteroatoms. The molecule has 0 spiro atoms. The van der Waals surface area contributed by atoms with Crippen LogP contribution in [-0.2, 0) is 0 Å². The quantitative estimate of drug-likeness (QED) is 0.533. The van der Waals surface area contributed by atoms with Crippen molar-refractivity contribution < 1.29 is 10.2 Å². The summed E-state index contributed by atoms with van der Waals surface area (Å²) in [6, 6.07) is 0. The Kier molecular flexibility index (Phi) is 11.3. The van der Waals surface area contributed by atoms with E-state index in [2.05, 4.69) is 6.92 Å². The van der Waals surface area contributed by atoms with Crippen LogP contribution < -0.4 is 0 Å². The molecule has 0 saturated heterocycles. The fourth-order valence-electron chi connectivity index (χ4n) is 2.03. The Hall–Kier alpha value is -0.0800. The topological polar surface area (TPSA) is 40.5 Å². The van der Waals surface area contributed by atoms with Gasteiger partial charge < -0.3 is 10.2 Å². The highest BCUT2D eigenvalue weighted by Gasteiger charge is 2.12. The Morgan fingerprint density at radius 1 is 0.875 bits per heavy atom. The first-order valence-electron chi connectivity index (χ1n) is 7.01. The van der Waals surface area contributed by atoms with Crippen molar-refractivity contribution in [3.63, 3.8) is 0 Å². The Morgan fingerprint density at radius 2 is 1.38 bits per heavy atom. The van der Waals surface area contributed by atoms with Crippen LogP contribution in [0.3, 0.4) is 0 Å². The first-order chi connectivity index (χ1) is 7.72. The van der Waals surface area contributed by atoms with Gasteiger partial charge >= 0.3 is 0 Å². The number of aliphatic hydroxyl groups excluding tert-OH is 2. The van der Waals surface area contributed by atoms with Crippen LogP contribution in [0, 0.1) is 5.92 Å². The van der Waals surface area contributed by atoms with Gasteiger partial charge in [0.05, 0.1) is 6.10 Å². The number of hydrogen-bond donors (Lipinski definition) is 2. The van der Waals surface area contributed by atoms with Gasteiger partial charge in [0.15, 0.2) is 0 Å². The zero-order valence-corrected chi connectivity index (χ0v) is 11.1. The molecule has 0 bridgehead atoms. The van der Waals surface area contributed by atoms with Crippen molar-refractivity contribution in [2.45, 2.75) is 77.7 Å². The van der Waals surface area contributed by atoms with E-state index in [-0.39, 0.29) is 18.6 Å². The van der Waals surface area contributed by atoms with E-state index < -0.39 is 0 Å². The minimum Gasteiger partial charge on any atom is -0.396 e. The smallest absolute Gasteiger partial charge is 0.0562 e. The summed E-state index contributed by atoms with van der Waals surface area (Å²) in [4.78, 5) is 0. The van der Waals surface area contributed by atoms with Crippen molar-refractivity contribution in [1.82, 2.24) is 0 Å². The third-order valence-electron chi connectivity index (χ3n) is 3.35. The van der Waals surface area contributed by atoms with Crippen LogP contribution >= 0.6 is 0 Å². The number of rotatable bonds is 11. The second kappa shape index (κ2) is 11.4.